The number of aliphatic hydroxyl groups is 1. The molecule has 11 heteroatoms. The summed E-state index contributed by atoms with van der Waals surface area (Å²) >= 11 is 0. The molecule has 2 heterocycles. The van der Waals surface area contributed by atoms with Crippen molar-refractivity contribution in [2.75, 3.05) is 0 Å². The largest absolute Gasteiger partial charge is 0.377 e. The van der Waals surface area contributed by atoms with E-state index in [1.165, 1.54) is 24.3 Å². The maximum absolute atomic E-state index is 15.7. The summed E-state index contributed by atoms with van der Waals surface area (Å²) in [6, 6.07) is 9.71. The SMILES string of the molecule is OC(Cn1cnnn1)(c1ccc(F)cc1F)C(F)(F)c1ccc(C#Cc2ccccc2F)cn1. The van der Waals surface area contributed by atoms with Crippen LogP contribution in [-0.2, 0) is 18.1 Å². The molecular formula is C23H14F5N5O. The van der Waals surface area contributed by atoms with Crippen molar-refractivity contribution in [3.63, 3.8) is 0 Å². The minimum absolute atomic E-state index is 0.111. The molecule has 0 aliphatic carbocycles. The highest BCUT2D eigenvalue weighted by atomic mass is 19.3. The maximum atomic E-state index is 15.7. The van der Waals surface area contributed by atoms with Crippen LogP contribution in [0.25, 0.3) is 0 Å². The second kappa shape index (κ2) is 8.99. The van der Waals surface area contributed by atoms with Gasteiger partial charge in [-0.2, -0.15) is 8.78 Å². The molecule has 1 unspecified atom stereocenters. The number of rotatable bonds is 5. The third kappa shape index (κ3) is 4.35. The first kappa shape index (κ1) is 23.0. The van der Waals surface area contributed by atoms with Crippen molar-refractivity contribution in [2.45, 2.75) is 18.1 Å². The predicted octanol–water partition coefficient (Wildman–Crippen LogP) is 3.57. The smallest absolute Gasteiger partial charge is 0.323 e. The van der Waals surface area contributed by atoms with Crippen molar-refractivity contribution < 1.29 is 27.1 Å². The van der Waals surface area contributed by atoms with Gasteiger partial charge in [0.15, 0.2) is 5.60 Å². The molecule has 34 heavy (non-hydrogen) atoms. The number of nitrogens with zero attached hydrogens (tertiary/aromatic N) is 5. The summed E-state index contributed by atoms with van der Waals surface area (Å²) in [5.74, 6) is -1.94. The highest BCUT2D eigenvalue weighted by Crippen LogP contribution is 2.46. The molecule has 4 rings (SSSR count). The van der Waals surface area contributed by atoms with Gasteiger partial charge in [0, 0.05) is 23.4 Å². The molecular weight excluding hydrogens is 457 g/mol. The van der Waals surface area contributed by atoms with Gasteiger partial charge in [-0.05, 0) is 46.8 Å². The summed E-state index contributed by atoms with van der Waals surface area (Å²) in [6.45, 7) is -0.966. The van der Waals surface area contributed by atoms with Gasteiger partial charge in [0.25, 0.3) is 0 Å². The summed E-state index contributed by atoms with van der Waals surface area (Å²) < 4.78 is 73.7. The number of aromatic nitrogens is 5. The highest BCUT2D eigenvalue weighted by molar-refractivity contribution is 5.43. The van der Waals surface area contributed by atoms with Crippen LogP contribution in [-0.4, -0.2) is 30.3 Å². The van der Waals surface area contributed by atoms with Crippen LogP contribution in [0.4, 0.5) is 22.0 Å². The third-order valence-corrected chi connectivity index (χ3v) is 4.98. The van der Waals surface area contributed by atoms with Crippen molar-refractivity contribution in [1.29, 1.82) is 0 Å². The van der Waals surface area contributed by atoms with Crippen LogP contribution in [0.1, 0.15) is 22.4 Å². The molecule has 4 aromatic rings. The molecule has 0 radical (unpaired) electrons. The van der Waals surface area contributed by atoms with Crippen molar-refractivity contribution in [2.24, 2.45) is 0 Å². The van der Waals surface area contributed by atoms with Gasteiger partial charge in [-0.15, -0.1) is 5.10 Å². The second-order valence-electron chi connectivity index (χ2n) is 7.23. The zero-order valence-corrected chi connectivity index (χ0v) is 17.1. The van der Waals surface area contributed by atoms with E-state index in [0.29, 0.717) is 6.07 Å². The monoisotopic (exact) mass is 471 g/mol. The predicted molar refractivity (Wildman–Crippen MR) is 109 cm³/mol. The Hall–Kier alpha value is -4.17. The first-order chi connectivity index (χ1) is 16.2. The van der Waals surface area contributed by atoms with Gasteiger partial charge in [0.2, 0.25) is 0 Å². The summed E-state index contributed by atoms with van der Waals surface area (Å²) in [5, 5.41) is 21.2. The topological polar surface area (TPSA) is 76.7 Å². The van der Waals surface area contributed by atoms with E-state index in [1.54, 1.807) is 6.07 Å². The lowest BCUT2D eigenvalue weighted by Crippen LogP contribution is -2.48. The molecule has 0 saturated carbocycles. The average Bonchev–Trinajstić information content (AvgIpc) is 3.31. The van der Waals surface area contributed by atoms with Gasteiger partial charge >= 0.3 is 5.92 Å². The first-order valence-electron chi connectivity index (χ1n) is 9.70. The van der Waals surface area contributed by atoms with Crippen LogP contribution in [0.5, 0.6) is 0 Å². The van der Waals surface area contributed by atoms with Crippen LogP contribution in [0.15, 0.2) is 67.1 Å². The highest BCUT2D eigenvalue weighted by Gasteiger charge is 2.57. The standard InChI is InChI=1S/C23H14F5N5O/c24-17-8-9-18(20(26)11-17)22(34,13-33-14-30-31-32-33)23(27,28)21-10-6-15(12-29-21)5-7-16-3-1-2-4-19(16)25/h1-4,6,8-12,14,34H,13H2. The zero-order chi connectivity index (χ0) is 24.3. The molecule has 2 aromatic carbocycles. The number of hydrogen-bond acceptors (Lipinski definition) is 5. The van der Waals surface area contributed by atoms with Crippen LogP contribution in [0.2, 0.25) is 0 Å². The van der Waals surface area contributed by atoms with Gasteiger partial charge in [0.05, 0.1) is 12.1 Å². The van der Waals surface area contributed by atoms with Gasteiger partial charge in [-0.25, -0.2) is 17.9 Å². The normalized spacial score (nSPS) is 13.1. The lowest BCUT2D eigenvalue weighted by atomic mass is 9.84. The summed E-state index contributed by atoms with van der Waals surface area (Å²) in [4.78, 5) is 3.69. The molecule has 0 aliphatic rings. The van der Waals surface area contributed by atoms with E-state index in [4.69, 9.17) is 0 Å². The van der Waals surface area contributed by atoms with E-state index in [1.807, 2.05) is 0 Å². The summed E-state index contributed by atoms with van der Waals surface area (Å²) in [7, 11) is 0. The molecule has 0 aliphatic heterocycles. The fraction of sp³-hybridized carbons (Fsp3) is 0.130. The lowest BCUT2D eigenvalue weighted by molar-refractivity contribution is -0.207. The Morgan fingerprint density at radius 3 is 2.38 bits per heavy atom. The van der Waals surface area contributed by atoms with Crippen LogP contribution < -0.4 is 0 Å². The molecule has 0 saturated heterocycles. The number of alkyl halides is 2. The molecule has 0 amide bonds. The molecule has 0 spiro atoms. The van der Waals surface area contributed by atoms with E-state index in [0.717, 1.165) is 35.4 Å². The average molecular weight is 471 g/mol. The summed E-state index contributed by atoms with van der Waals surface area (Å²) in [6.07, 6.45) is 1.97. The van der Waals surface area contributed by atoms with E-state index < -0.39 is 46.8 Å². The zero-order valence-electron chi connectivity index (χ0n) is 17.1. The van der Waals surface area contributed by atoms with E-state index in [2.05, 4.69) is 32.4 Å². The van der Waals surface area contributed by atoms with Crippen molar-refractivity contribution in [1.82, 2.24) is 25.2 Å². The molecule has 2 aromatic heterocycles. The van der Waals surface area contributed by atoms with Crippen molar-refractivity contribution in [3.8, 4) is 11.8 Å². The molecule has 0 bridgehead atoms. The Labute approximate surface area is 189 Å². The first-order valence-corrected chi connectivity index (χ1v) is 9.70. The molecule has 6 nitrogen and oxygen atoms in total. The Bertz CT molecular complexity index is 1370. The summed E-state index contributed by atoms with van der Waals surface area (Å²) in [5.41, 5.74) is -4.73. The lowest BCUT2D eigenvalue weighted by Gasteiger charge is -2.35. The Balaban J connectivity index is 1.72. The third-order valence-electron chi connectivity index (χ3n) is 4.98. The fourth-order valence-corrected chi connectivity index (χ4v) is 3.23. The number of pyridine rings is 1. The molecule has 1 atom stereocenters. The second-order valence-corrected chi connectivity index (χ2v) is 7.23. The van der Waals surface area contributed by atoms with Crippen molar-refractivity contribution >= 4 is 0 Å². The minimum atomic E-state index is -4.19. The van der Waals surface area contributed by atoms with Gasteiger partial charge < -0.3 is 5.11 Å². The van der Waals surface area contributed by atoms with Crippen LogP contribution in [0, 0.1) is 29.3 Å². The van der Waals surface area contributed by atoms with Gasteiger partial charge in [-0.3, -0.25) is 4.98 Å². The Morgan fingerprint density at radius 1 is 0.941 bits per heavy atom. The quantitative estimate of drug-likeness (QED) is 0.356. The maximum Gasteiger partial charge on any atom is 0.323 e. The number of benzene rings is 2. The molecule has 0 fully saturated rings. The fourth-order valence-electron chi connectivity index (χ4n) is 3.23. The Morgan fingerprint density at radius 2 is 1.74 bits per heavy atom. The Kier molecular flexibility index (Phi) is 6.08. The van der Waals surface area contributed by atoms with Gasteiger partial charge in [0.1, 0.15) is 29.5 Å². The van der Waals surface area contributed by atoms with E-state index in [-0.39, 0.29) is 11.1 Å². The van der Waals surface area contributed by atoms with Crippen molar-refractivity contribution in [3.05, 3.63) is 107 Å². The van der Waals surface area contributed by atoms with Crippen LogP contribution in [0.3, 0.4) is 0 Å². The van der Waals surface area contributed by atoms with Gasteiger partial charge in [-0.1, -0.05) is 24.0 Å². The number of hydrogen-bond donors (Lipinski definition) is 1. The number of tetrazole rings is 1. The number of halogens is 5. The molecule has 172 valence electrons. The van der Waals surface area contributed by atoms with E-state index >= 15 is 8.78 Å². The van der Waals surface area contributed by atoms with E-state index in [9.17, 15) is 18.3 Å². The molecule has 1 N–H and O–H groups in total. The van der Waals surface area contributed by atoms with Crippen LogP contribution >= 0.6 is 0 Å². The minimum Gasteiger partial charge on any atom is -0.377 e.